The Kier molecular flexibility index (Phi) is 5.31. The van der Waals surface area contributed by atoms with Crippen LogP contribution in [-0.4, -0.2) is 61.2 Å². The number of sulfonamides is 1. The van der Waals surface area contributed by atoms with E-state index in [1.165, 1.54) is 4.31 Å². The SMILES string of the molecule is Cc1ccc(S(=O)(=O)N2CCC(C(=O)N3CCNC(=O)C3(C)C)CC2)cc1. The standard InChI is InChI=1S/C19H27N3O4S/c1-14-4-6-16(7-5-14)27(25,26)21-11-8-15(9-12-21)17(23)22-13-10-20-18(24)19(22,2)3/h4-7,15H,8-13H2,1-3H3,(H,20,24). The molecule has 2 aliphatic rings. The lowest BCUT2D eigenvalue weighted by Gasteiger charge is -2.43. The molecule has 8 heteroatoms. The van der Waals surface area contributed by atoms with Crippen molar-refractivity contribution < 1.29 is 18.0 Å². The summed E-state index contributed by atoms with van der Waals surface area (Å²) in [5.74, 6) is -0.455. The lowest BCUT2D eigenvalue weighted by Crippen LogP contribution is -2.64. The van der Waals surface area contributed by atoms with Crippen LogP contribution in [0.4, 0.5) is 0 Å². The second-order valence-corrected chi connectivity index (χ2v) is 9.73. The van der Waals surface area contributed by atoms with E-state index < -0.39 is 15.6 Å². The van der Waals surface area contributed by atoms with Crippen molar-refractivity contribution in [2.45, 2.75) is 44.0 Å². The van der Waals surface area contributed by atoms with Crippen molar-refractivity contribution in [2.75, 3.05) is 26.2 Å². The maximum atomic E-state index is 13.0. The maximum absolute atomic E-state index is 13.0. The van der Waals surface area contributed by atoms with Crippen LogP contribution in [0.15, 0.2) is 29.2 Å². The van der Waals surface area contributed by atoms with Crippen LogP contribution in [0.25, 0.3) is 0 Å². The van der Waals surface area contributed by atoms with Gasteiger partial charge >= 0.3 is 0 Å². The maximum Gasteiger partial charge on any atom is 0.245 e. The molecule has 0 aliphatic carbocycles. The van der Waals surface area contributed by atoms with Gasteiger partial charge in [0.1, 0.15) is 5.54 Å². The molecule has 0 unspecified atom stereocenters. The summed E-state index contributed by atoms with van der Waals surface area (Å²) in [6.07, 6.45) is 0.941. The van der Waals surface area contributed by atoms with E-state index >= 15 is 0 Å². The van der Waals surface area contributed by atoms with Crippen molar-refractivity contribution in [2.24, 2.45) is 5.92 Å². The second-order valence-electron chi connectivity index (χ2n) is 7.80. The minimum absolute atomic E-state index is 0.0535. The van der Waals surface area contributed by atoms with Gasteiger partial charge in [-0.25, -0.2) is 8.42 Å². The number of amides is 2. The minimum atomic E-state index is -3.54. The number of hydrogen-bond acceptors (Lipinski definition) is 4. The van der Waals surface area contributed by atoms with Gasteiger partial charge < -0.3 is 10.2 Å². The molecule has 148 valence electrons. The smallest absolute Gasteiger partial charge is 0.245 e. The quantitative estimate of drug-likeness (QED) is 0.834. The van der Waals surface area contributed by atoms with Crippen molar-refractivity contribution in [1.82, 2.24) is 14.5 Å². The van der Waals surface area contributed by atoms with Crippen molar-refractivity contribution in [3.63, 3.8) is 0 Å². The fourth-order valence-electron chi connectivity index (χ4n) is 3.71. The molecule has 0 spiro atoms. The van der Waals surface area contributed by atoms with E-state index in [0.29, 0.717) is 39.0 Å². The summed E-state index contributed by atoms with van der Waals surface area (Å²) in [6, 6.07) is 6.81. The molecule has 2 heterocycles. The predicted octanol–water partition coefficient (Wildman–Crippen LogP) is 1.13. The summed E-state index contributed by atoms with van der Waals surface area (Å²) in [7, 11) is -3.54. The van der Waals surface area contributed by atoms with Crippen LogP contribution in [0.1, 0.15) is 32.3 Å². The van der Waals surface area contributed by atoms with E-state index in [-0.39, 0.29) is 22.6 Å². The lowest BCUT2D eigenvalue weighted by atomic mass is 9.91. The molecule has 0 atom stereocenters. The fourth-order valence-corrected chi connectivity index (χ4v) is 5.18. The molecule has 2 fully saturated rings. The highest BCUT2D eigenvalue weighted by molar-refractivity contribution is 7.89. The van der Waals surface area contributed by atoms with Gasteiger partial charge in [0.15, 0.2) is 0 Å². The first-order valence-corrected chi connectivity index (χ1v) is 10.7. The first-order valence-electron chi connectivity index (χ1n) is 9.30. The zero-order valence-corrected chi connectivity index (χ0v) is 16.9. The summed E-state index contributed by atoms with van der Waals surface area (Å²) >= 11 is 0. The molecule has 1 aromatic rings. The van der Waals surface area contributed by atoms with Gasteiger partial charge in [-0.1, -0.05) is 17.7 Å². The first kappa shape index (κ1) is 19.8. The first-order chi connectivity index (χ1) is 12.6. The number of rotatable bonds is 3. The summed E-state index contributed by atoms with van der Waals surface area (Å²) < 4.78 is 27.1. The highest BCUT2D eigenvalue weighted by atomic mass is 32.2. The van der Waals surface area contributed by atoms with Gasteiger partial charge in [-0.2, -0.15) is 4.31 Å². The van der Waals surface area contributed by atoms with Crippen LogP contribution in [0.5, 0.6) is 0 Å². The number of aryl methyl sites for hydroxylation is 1. The van der Waals surface area contributed by atoms with E-state index in [9.17, 15) is 18.0 Å². The molecule has 0 radical (unpaired) electrons. The van der Waals surface area contributed by atoms with Crippen LogP contribution < -0.4 is 5.32 Å². The van der Waals surface area contributed by atoms with E-state index in [4.69, 9.17) is 0 Å². The Morgan fingerprint density at radius 1 is 1.11 bits per heavy atom. The van der Waals surface area contributed by atoms with Crippen LogP contribution in [0, 0.1) is 12.8 Å². The van der Waals surface area contributed by atoms with Gasteiger partial charge in [-0.15, -0.1) is 0 Å². The topological polar surface area (TPSA) is 86.8 Å². The fraction of sp³-hybridized carbons (Fsp3) is 0.579. The molecule has 0 bridgehead atoms. The molecule has 2 amide bonds. The van der Waals surface area contributed by atoms with Crippen molar-refractivity contribution in [1.29, 1.82) is 0 Å². The molecule has 0 aromatic heterocycles. The highest BCUT2D eigenvalue weighted by Gasteiger charge is 2.43. The molecule has 27 heavy (non-hydrogen) atoms. The molecule has 7 nitrogen and oxygen atoms in total. The highest BCUT2D eigenvalue weighted by Crippen LogP contribution is 2.28. The number of piperazine rings is 1. The number of hydrogen-bond donors (Lipinski definition) is 1. The number of carbonyl (C=O) groups is 2. The minimum Gasteiger partial charge on any atom is -0.352 e. The summed E-state index contributed by atoms with van der Waals surface area (Å²) in [5.41, 5.74) is 0.131. The van der Waals surface area contributed by atoms with Crippen molar-refractivity contribution in [3.05, 3.63) is 29.8 Å². The van der Waals surface area contributed by atoms with Gasteiger partial charge in [-0.05, 0) is 45.7 Å². The van der Waals surface area contributed by atoms with E-state index in [0.717, 1.165) is 5.56 Å². The van der Waals surface area contributed by atoms with Gasteiger partial charge in [0.2, 0.25) is 21.8 Å². The average molecular weight is 394 g/mol. The normalized spacial score (nSPS) is 21.7. The van der Waals surface area contributed by atoms with Gasteiger partial charge in [0.05, 0.1) is 4.90 Å². The number of carbonyl (C=O) groups excluding carboxylic acids is 2. The third kappa shape index (κ3) is 3.73. The third-order valence-electron chi connectivity index (χ3n) is 5.58. The monoisotopic (exact) mass is 393 g/mol. The van der Waals surface area contributed by atoms with Gasteiger partial charge in [-0.3, -0.25) is 9.59 Å². The molecule has 2 saturated heterocycles. The third-order valence-corrected chi connectivity index (χ3v) is 7.49. The van der Waals surface area contributed by atoms with Gasteiger partial charge in [0.25, 0.3) is 0 Å². The molecular weight excluding hydrogens is 366 g/mol. The van der Waals surface area contributed by atoms with Crippen LogP contribution in [-0.2, 0) is 19.6 Å². The van der Waals surface area contributed by atoms with Crippen LogP contribution >= 0.6 is 0 Å². The lowest BCUT2D eigenvalue weighted by molar-refractivity contribution is -0.152. The Morgan fingerprint density at radius 2 is 1.70 bits per heavy atom. The number of nitrogens with zero attached hydrogens (tertiary/aromatic N) is 2. The Morgan fingerprint density at radius 3 is 2.30 bits per heavy atom. The zero-order chi connectivity index (χ0) is 19.8. The summed E-state index contributed by atoms with van der Waals surface area (Å²) in [5, 5.41) is 2.79. The Balaban J connectivity index is 1.67. The van der Waals surface area contributed by atoms with Crippen molar-refractivity contribution in [3.8, 4) is 0 Å². The molecule has 1 N–H and O–H groups in total. The predicted molar refractivity (Wildman–Crippen MR) is 101 cm³/mol. The number of nitrogens with one attached hydrogen (secondary N) is 1. The second kappa shape index (κ2) is 7.24. The Labute approximate surface area is 160 Å². The van der Waals surface area contributed by atoms with Gasteiger partial charge in [0, 0.05) is 32.1 Å². The molecular formula is C19H27N3O4S. The van der Waals surface area contributed by atoms with Crippen LogP contribution in [0.2, 0.25) is 0 Å². The molecule has 2 aliphatic heterocycles. The summed E-state index contributed by atoms with van der Waals surface area (Å²) in [6.45, 7) is 6.97. The molecule has 1 aromatic carbocycles. The zero-order valence-electron chi connectivity index (χ0n) is 16.1. The molecule has 0 saturated carbocycles. The number of piperidine rings is 1. The Bertz CT molecular complexity index is 825. The molecule has 3 rings (SSSR count). The summed E-state index contributed by atoms with van der Waals surface area (Å²) in [4.78, 5) is 27.0. The number of benzene rings is 1. The van der Waals surface area contributed by atoms with Crippen molar-refractivity contribution >= 4 is 21.8 Å². The van der Waals surface area contributed by atoms with E-state index in [2.05, 4.69) is 5.32 Å². The van der Waals surface area contributed by atoms with E-state index in [1.807, 2.05) is 6.92 Å². The van der Waals surface area contributed by atoms with Crippen LogP contribution in [0.3, 0.4) is 0 Å². The average Bonchev–Trinajstić information content (AvgIpc) is 2.64. The largest absolute Gasteiger partial charge is 0.352 e. The Hall–Kier alpha value is -1.93. The van der Waals surface area contributed by atoms with E-state index in [1.54, 1.807) is 43.0 Å².